The maximum atomic E-state index is 12.5. The van der Waals surface area contributed by atoms with Crippen molar-refractivity contribution in [2.24, 2.45) is 5.73 Å². The number of aliphatic hydroxyl groups excluding tert-OH is 1. The largest absolute Gasteiger partial charge is 0.472 e. The van der Waals surface area contributed by atoms with E-state index >= 15 is 0 Å². The van der Waals surface area contributed by atoms with Gasteiger partial charge in [0.25, 0.3) is 0 Å². The van der Waals surface area contributed by atoms with Crippen LogP contribution in [0.4, 0.5) is 0 Å². The molecule has 0 aliphatic heterocycles. The monoisotopic (exact) mass is 570 g/mol. The number of hydrogen-bond donors (Lipinski definition) is 4. The summed E-state index contributed by atoms with van der Waals surface area (Å²) in [6, 6.07) is -0.880. The highest BCUT2D eigenvalue weighted by atomic mass is 31.2. The van der Waals surface area contributed by atoms with Crippen LogP contribution in [0.2, 0.25) is 0 Å². The molecule has 3 unspecified atom stereocenters. The number of carbonyl (C=O) groups excluding carboxylic acids is 1. The van der Waals surface area contributed by atoms with Crippen LogP contribution in [0, 0.1) is 0 Å². The second-order valence-electron chi connectivity index (χ2n) is 9.59. The number of carbonyl (C=O) groups is 1. The fraction of sp³-hybridized carbons (Fsp3) is 0.700. The summed E-state index contributed by atoms with van der Waals surface area (Å²) in [6.45, 7) is 3.87. The minimum absolute atomic E-state index is 0.0690. The standard InChI is InChI=1S/C30H55N2O6P/c1-3-5-7-9-11-12-13-14-15-16-18-20-22-24-30(34)32-28(27-38-39(35,36)37-26-25-31)29(33)23-21-19-17-10-8-6-4-2/h7-10,12-13,21,23,28-29,33H,3-6,11,14-20,22,24-27,31H2,1-2H3,(H,32,34)(H,35,36)/b9-7-,10-8+,13-12-,23-21+. The Hall–Kier alpha value is -1.54. The third-order valence-electron chi connectivity index (χ3n) is 5.84. The normalized spacial score (nSPS) is 15.5. The molecule has 0 aromatic carbocycles. The van der Waals surface area contributed by atoms with E-state index in [1.165, 1.54) is 6.42 Å². The number of rotatable bonds is 26. The van der Waals surface area contributed by atoms with Crippen molar-refractivity contribution in [2.75, 3.05) is 19.8 Å². The predicted octanol–water partition coefficient (Wildman–Crippen LogP) is 6.65. The SMILES string of the molecule is CCC/C=C\C/C=C\CCCCCCCC(=O)NC(COP(=O)(O)OCCN)C(O)/C=C/CC/C=C/CCC. The number of phosphoric acid groups is 1. The van der Waals surface area contributed by atoms with Gasteiger partial charge in [-0.2, -0.15) is 0 Å². The van der Waals surface area contributed by atoms with Gasteiger partial charge < -0.3 is 21.1 Å². The Bertz CT molecular complexity index is 754. The molecule has 0 saturated carbocycles. The Morgan fingerprint density at radius 2 is 1.44 bits per heavy atom. The molecule has 226 valence electrons. The molecule has 0 aliphatic carbocycles. The first-order valence-corrected chi connectivity index (χ1v) is 16.3. The van der Waals surface area contributed by atoms with Crippen LogP contribution in [0.25, 0.3) is 0 Å². The molecule has 0 rings (SSSR count). The van der Waals surface area contributed by atoms with E-state index in [1.807, 2.05) is 6.08 Å². The van der Waals surface area contributed by atoms with Gasteiger partial charge in [-0.3, -0.25) is 13.8 Å². The van der Waals surface area contributed by atoms with Gasteiger partial charge in [0.05, 0.1) is 25.4 Å². The summed E-state index contributed by atoms with van der Waals surface area (Å²) in [5.41, 5.74) is 5.31. The summed E-state index contributed by atoms with van der Waals surface area (Å²) in [5, 5.41) is 13.4. The van der Waals surface area contributed by atoms with E-state index in [2.05, 4.69) is 55.6 Å². The van der Waals surface area contributed by atoms with Crippen LogP contribution in [0.1, 0.15) is 104 Å². The first kappa shape index (κ1) is 37.5. The summed E-state index contributed by atoms with van der Waals surface area (Å²) >= 11 is 0. The van der Waals surface area contributed by atoms with E-state index < -0.39 is 20.0 Å². The fourth-order valence-electron chi connectivity index (χ4n) is 3.60. The first-order valence-electron chi connectivity index (χ1n) is 14.8. The van der Waals surface area contributed by atoms with E-state index in [9.17, 15) is 19.4 Å². The van der Waals surface area contributed by atoms with Gasteiger partial charge in [-0.05, 0) is 51.4 Å². The molecule has 8 nitrogen and oxygen atoms in total. The van der Waals surface area contributed by atoms with Crippen molar-refractivity contribution in [1.29, 1.82) is 0 Å². The lowest BCUT2D eigenvalue weighted by atomic mass is 10.1. The summed E-state index contributed by atoms with van der Waals surface area (Å²) in [6.07, 6.45) is 28.9. The van der Waals surface area contributed by atoms with Gasteiger partial charge >= 0.3 is 7.82 Å². The van der Waals surface area contributed by atoms with Gasteiger partial charge in [0.2, 0.25) is 5.91 Å². The average Bonchev–Trinajstić information content (AvgIpc) is 2.91. The molecule has 0 fully saturated rings. The van der Waals surface area contributed by atoms with Crippen molar-refractivity contribution in [2.45, 2.75) is 116 Å². The van der Waals surface area contributed by atoms with Gasteiger partial charge in [0.15, 0.2) is 0 Å². The molecule has 0 radical (unpaired) electrons. The average molecular weight is 571 g/mol. The molecule has 9 heteroatoms. The van der Waals surface area contributed by atoms with Crippen molar-refractivity contribution in [1.82, 2.24) is 5.32 Å². The number of nitrogens with two attached hydrogens (primary N) is 1. The molecule has 1 amide bonds. The highest BCUT2D eigenvalue weighted by Crippen LogP contribution is 2.43. The molecule has 0 aromatic heterocycles. The van der Waals surface area contributed by atoms with Crippen LogP contribution in [-0.2, 0) is 18.4 Å². The quantitative estimate of drug-likeness (QED) is 0.0520. The second-order valence-corrected chi connectivity index (χ2v) is 11.0. The highest BCUT2D eigenvalue weighted by molar-refractivity contribution is 7.47. The van der Waals surface area contributed by atoms with Crippen molar-refractivity contribution in [3.05, 3.63) is 48.6 Å². The minimum atomic E-state index is -4.33. The summed E-state index contributed by atoms with van der Waals surface area (Å²) in [4.78, 5) is 22.3. The fourth-order valence-corrected chi connectivity index (χ4v) is 4.36. The van der Waals surface area contributed by atoms with E-state index in [0.29, 0.717) is 6.42 Å². The Labute approximate surface area is 237 Å². The van der Waals surface area contributed by atoms with Crippen LogP contribution in [-0.4, -0.2) is 47.8 Å². The van der Waals surface area contributed by atoms with E-state index in [-0.39, 0.29) is 25.7 Å². The van der Waals surface area contributed by atoms with Crippen LogP contribution in [0.5, 0.6) is 0 Å². The topological polar surface area (TPSA) is 131 Å². The molecule has 0 bridgehead atoms. The Morgan fingerprint density at radius 3 is 2.13 bits per heavy atom. The molecule has 0 aliphatic rings. The Balaban J connectivity index is 4.47. The molecule has 0 spiro atoms. The zero-order valence-electron chi connectivity index (χ0n) is 24.3. The molecular formula is C30H55N2O6P. The number of hydrogen-bond acceptors (Lipinski definition) is 6. The Morgan fingerprint density at radius 1 is 0.846 bits per heavy atom. The van der Waals surface area contributed by atoms with Crippen LogP contribution >= 0.6 is 7.82 Å². The summed E-state index contributed by atoms with van der Waals surface area (Å²) in [5.74, 6) is -0.228. The molecule has 0 aromatic rings. The maximum absolute atomic E-state index is 12.5. The van der Waals surface area contributed by atoms with Crippen molar-refractivity contribution < 1.29 is 28.4 Å². The van der Waals surface area contributed by atoms with Crippen molar-refractivity contribution >= 4 is 13.7 Å². The third kappa shape index (κ3) is 25.2. The van der Waals surface area contributed by atoms with Crippen LogP contribution < -0.4 is 11.1 Å². The third-order valence-corrected chi connectivity index (χ3v) is 6.82. The molecule has 39 heavy (non-hydrogen) atoms. The van der Waals surface area contributed by atoms with E-state index in [0.717, 1.165) is 77.0 Å². The lowest BCUT2D eigenvalue weighted by Crippen LogP contribution is -2.45. The number of phosphoric ester groups is 1. The lowest BCUT2D eigenvalue weighted by molar-refractivity contribution is -0.123. The number of unbranched alkanes of at least 4 members (excludes halogenated alkanes) is 8. The van der Waals surface area contributed by atoms with Crippen molar-refractivity contribution in [3.63, 3.8) is 0 Å². The van der Waals surface area contributed by atoms with Gasteiger partial charge in [-0.15, -0.1) is 0 Å². The number of aliphatic hydroxyl groups is 1. The summed E-state index contributed by atoms with van der Waals surface area (Å²) in [7, 11) is -4.33. The lowest BCUT2D eigenvalue weighted by Gasteiger charge is -2.23. The predicted molar refractivity (Wildman–Crippen MR) is 161 cm³/mol. The summed E-state index contributed by atoms with van der Waals surface area (Å²) < 4.78 is 21.8. The van der Waals surface area contributed by atoms with Gasteiger partial charge in [-0.1, -0.05) is 94.6 Å². The zero-order chi connectivity index (χ0) is 29.0. The van der Waals surface area contributed by atoms with Crippen molar-refractivity contribution in [3.8, 4) is 0 Å². The molecule has 5 N–H and O–H groups in total. The van der Waals surface area contributed by atoms with E-state index in [4.69, 9.17) is 14.8 Å². The smallest absolute Gasteiger partial charge is 0.387 e. The van der Waals surface area contributed by atoms with Gasteiger partial charge in [0, 0.05) is 13.0 Å². The van der Waals surface area contributed by atoms with E-state index in [1.54, 1.807) is 6.08 Å². The van der Waals surface area contributed by atoms with Gasteiger partial charge in [-0.25, -0.2) is 4.57 Å². The first-order chi connectivity index (χ1) is 18.9. The molecular weight excluding hydrogens is 515 g/mol. The minimum Gasteiger partial charge on any atom is -0.387 e. The molecule has 0 heterocycles. The second kappa shape index (κ2) is 26.7. The highest BCUT2D eigenvalue weighted by Gasteiger charge is 2.26. The number of nitrogens with one attached hydrogen (secondary N) is 1. The molecule has 0 saturated heterocycles. The zero-order valence-corrected chi connectivity index (χ0v) is 25.2. The van der Waals surface area contributed by atoms with Crippen LogP contribution in [0.3, 0.4) is 0 Å². The number of amides is 1. The Kier molecular flexibility index (Phi) is 25.6. The maximum Gasteiger partial charge on any atom is 0.472 e. The van der Waals surface area contributed by atoms with Crippen LogP contribution in [0.15, 0.2) is 48.6 Å². The number of allylic oxidation sites excluding steroid dienone is 7. The molecule has 3 atom stereocenters. The van der Waals surface area contributed by atoms with Gasteiger partial charge in [0.1, 0.15) is 0 Å².